The SMILES string of the molecule is CN1CCN(C(=O)OC(C)(C)C)C(C)(C)C1. The van der Waals surface area contributed by atoms with Crippen LogP contribution in [-0.2, 0) is 4.74 Å². The molecule has 1 saturated heterocycles. The van der Waals surface area contributed by atoms with Gasteiger partial charge >= 0.3 is 6.09 Å². The highest BCUT2D eigenvalue weighted by Crippen LogP contribution is 2.22. The molecule has 0 saturated carbocycles. The molecule has 0 radical (unpaired) electrons. The molecule has 0 atom stereocenters. The third kappa shape index (κ3) is 3.37. The number of hydrogen-bond acceptors (Lipinski definition) is 3. The smallest absolute Gasteiger partial charge is 0.410 e. The minimum atomic E-state index is -0.420. The lowest BCUT2D eigenvalue weighted by Crippen LogP contribution is -2.60. The Morgan fingerprint density at radius 1 is 1.25 bits per heavy atom. The molecular formula is C12H24N2O2. The fraction of sp³-hybridized carbons (Fsp3) is 0.917. The van der Waals surface area contributed by atoms with Crippen LogP contribution in [0.25, 0.3) is 0 Å². The fourth-order valence-corrected chi connectivity index (χ4v) is 2.05. The van der Waals surface area contributed by atoms with Gasteiger partial charge in [0.1, 0.15) is 5.60 Å². The minimum Gasteiger partial charge on any atom is -0.444 e. The van der Waals surface area contributed by atoms with Crippen LogP contribution in [0.1, 0.15) is 34.6 Å². The summed E-state index contributed by atoms with van der Waals surface area (Å²) in [5.74, 6) is 0. The van der Waals surface area contributed by atoms with E-state index >= 15 is 0 Å². The van der Waals surface area contributed by atoms with Gasteiger partial charge in [-0.2, -0.15) is 0 Å². The number of hydrogen-bond donors (Lipinski definition) is 0. The van der Waals surface area contributed by atoms with E-state index in [1.165, 1.54) is 0 Å². The van der Waals surface area contributed by atoms with Crippen LogP contribution >= 0.6 is 0 Å². The average molecular weight is 228 g/mol. The van der Waals surface area contributed by atoms with Crippen molar-refractivity contribution in [3.63, 3.8) is 0 Å². The van der Waals surface area contributed by atoms with E-state index in [0.717, 1.165) is 19.6 Å². The summed E-state index contributed by atoms with van der Waals surface area (Å²) in [6, 6.07) is 0. The summed E-state index contributed by atoms with van der Waals surface area (Å²) < 4.78 is 5.42. The molecule has 0 bridgehead atoms. The molecule has 94 valence electrons. The molecular weight excluding hydrogens is 204 g/mol. The fourth-order valence-electron chi connectivity index (χ4n) is 2.05. The first-order chi connectivity index (χ1) is 7.12. The molecule has 0 aromatic rings. The van der Waals surface area contributed by atoms with Gasteiger partial charge in [0, 0.05) is 19.6 Å². The summed E-state index contributed by atoms with van der Waals surface area (Å²) >= 11 is 0. The molecule has 4 nitrogen and oxygen atoms in total. The topological polar surface area (TPSA) is 32.8 Å². The van der Waals surface area contributed by atoms with Crippen LogP contribution < -0.4 is 0 Å². The maximum atomic E-state index is 12.0. The number of amides is 1. The lowest BCUT2D eigenvalue weighted by atomic mass is 10.00. The second kappa shape index (κ2) is 4.24. The Balaban J connectivity index is 2.69. The summed E-state index contributed by atoms with van der Waals surface area (Å²) in [6.45, 7) is 12.4. The first kappa shape index (κ1) is 13.3. The molecule has 0 aromatic heterocycles. The van der Waals surface area contributed by atoms with Crippen molar-refractivity contribution in [1.82, 2.24) is 9.80 Å². The van der Waals surface area contributed by atoms with Gasteiger partial charge in [-0.25, -0.2) is 4.79 Å². The second-order valence-corrected chi connectivity index (χ2v) is 6.18. The molecule has 1 rings (SSSR count). The zero-order chi connectivity index (χ0) is 12.6. The van der Waals surface area contributed by atoms with Crippen molar-refractivity contribution in [2.75, 3.05) is 26.7 Å². The van der Waals surface area contributed by atoms with Gasteiger partial charge in [-0.15, -0.1) is 0 Å². The monoisotopic (exact) mass is 228 g/mol. The summed E-state index contributed by atoms with van der Waals surface area (Å²) in [5.41, 5.74) is -0.578. The molecule has 1 aliphatic heterocycles. The molecule has 1 aliphatic rings. The van der Waals surface area contributed by atoms with Crippen LogP contribution in [0, 0.1) is 0 Å². The number of carbonyl (C=O) groups is 1. The van der Waals surface area contributed by atoms with Gasteiger partial charge in [0.2, 0.25) is 0 Å². The quantitative estimate of drug-likeness (QED) is 0.635. The van der Waals surface area contributed by atoms with E-state index in [1.807, 2.05) is 25.7 Å². The number of likely N-dealkylation sites (N-methyl/N-ethyl adjacent to an activating group) is 1. The number of ether oxygens (including phenoxy) is 1. The van der Waals surface area contributed by atoms with E-state index in [-0.39, 0.29) is 11.6 Å². The standard InChI is InChI=1S/C12H24N2O2/c1-11(2,3)16-10(15)14-8-7-13(6)9-12(14,4)5/h7-9H2,1-6H3. The van der Waals surface area contributed by atoms with Gasteiger partial charge in [-0.3, -0.25) is 0 Å². The molecule has 1 heterocycles. The minimum absolute atomic E-state index is 0.157. The normalized spacial score (nSPS) is 22.0. The van der Waals surface area contributed by atoms with Gasteiger partial charge in [0.15, 0.2) is 0 Å². The van der Waals surface area contributed by atoms with Crippen LogP contribution in [0.4, 0.5) is 4.79 Å². The van der Waals surface area contributed by atoms with Crippen molar-refractivity contribution in [3.8, 4) is 0 Å². The van der Waals surface area contributed by atoms with Crippen LogP contribution in [0.5, 0.6) is 0 Å². The van der Waals surface area contributed by atoms with Gasteiger partial charge in [0.05, 0.1) is 5.54 Å². The van der Waals surface area contributed by atoms with Gasteiger partial charge in [-0.05, 0) is 41.7 Å². The highest BCUT2D eigenvalue weighted by molar-refractivity contribution is 5.69. The average Bonchev–Trinajstić information content (AvgIpc) is 1.97. The van der Waals surface area contributed by atoms with Gasteiger partial charge in [-0.1, -0.05) is 0 Å². The molecule has 16 heavy (non-hydrogen) atoms. The van der Waals surface area contributed by atoms with Crippen molar-refractivity contribution in [2.24, 2.45) is 0 Å². The Kier molecular flexibility index (Phi) is 3.53. The summed E-state index contributed by atoms with van der Waals surface area (Å²) in [4.78, 5) is 16.1. The first-order valence-corrected chi connectivity index (χ1v) is 5.81. The highest BCUT2D eigenvalue weighted by atomic mass is 16.6. The zero-order valence-corrected chi connectivity index (χ0v) is 11.3. The largest absolute Gasteiger partial charge is 0.444 e. The van der Waals surface area contributed by atoms with E-state index in [0.29, 0.717) is 0 Å². The lowest BCUT2D eigenvalue weighted by molar-refractivity contribution is -0.0188. The van der Waals surface area contributed by atoms with Gasteiger partial charge in [0.25, 0.3) is 0 Å². The predicted octanol–water partition coefficient (Wildman–Crippen LogP) is 1.95. The first-order valence-electron chi connectivity index (χ1n) is 5.81. The Morgan fingerprint density at radius 2 is 1.81 bits per heavy atom. The summed E-state index contributed by atoms with van der Waals surface area (Å²) in [6.07, 6.45) is -0.203. The summed E-state index contributed by atoms with van der Waals surface area (Å²) in [7, 11) is 2.08. The molecule has 0 unspecified atom stereocenters. The summed E-state index contributed by atoms with van der Waals surface area (Å²) in [5, 5.41) is 0. The molecule has 0 N–H and O–H groups in total. The number of rotatable bonds is 0. The van der Waals surface area contributed by atoms with E-state index < -0.39 is 5.60 Å². The molecule has 4 heteroatoms. The lowest BCUT2D eigenvalue weighted by Gasteiger charge is -2.45. The molecule has 0 aromatic carbocycles. The van der Waals surface area contributed by atoms with Crippen molar-refractivity contribution < 1.29 is 9.53 Å². The van der Waals surface area contributed by atoms with Crippen LogP contribution in [0.2, 0.25) is 0 Å². The molecule has 1 fully saturated rings. The number of piperazine rings is 1. The highest BCUT2D eigenvalue weighted by Gasteiger charge is 2.37. The van der Waals surface area contributed by atoms with Crippen molar-refractivity contribution in [2.45, 2.75) is 45.8 Å². The van der Waals surface area contributed by atoms with E-state index in [1.54, 1.807) is 0 Å². The molecule has 0 aliphatic carbocycles. The van der Waals surface area contributed by atoms with Crippen LogP contribution in [0.15, 0.2) is 0 Å². The third-order valence-electron chi connectivity index (χ3n) is 2.71. The van der Waals surface area contributed by atoms with E-state index in [9.17, 15) is 4.79 Å². The number of carbonyl (C=O) groups excluding carboxylic acids is 1. The zero-order valence-electron chi connectivity index (χ0n) is 11.3. The molecule has 1 amide bonds. The van der Waals surface area contributed by atoms with Crippen molar-refractivity contribution in [3.05, 3.63) is 0 Å². The Labute approximate surface area is 98.5 Å². The van der Waals surface area contributed by atoms with E-state index in [4.69, 9.17) is 4.74 Å². The maximum absolute atomic E-state index is 12.0. The maximum Gasteiger partial charge on any atom is 0.410 e. The second-order valence-electron chi connectivity index (χ2n) is 6.18. The van der Waals surface area contributed by atoms with Crippen molar-refractivity contribution in [1.29, 1.82) is 0 Å². The van der Waals surface area contributed by atoms with Gasteiger partial charge < -0.3 is 14.5 Å². The third-order valence-corrected chi connectivity index (χ3v) is 2.71. The van der Waals surface area contributed by atoms with Crippen LogP contribution in [-0.4, -0.2) is 53.7 Å². The predicted molar refractivity (Wildman–Crippen MR) is 64.5 cm³/mol. The Hall–Kier alpha value is -0.770. The Bertz CT molecular complexity index is 269. The van der Waals surface area contributed by atoms with Crippen molar-refractivity contribution >= 4 is 6.09 Å². The van der Waals surface area contributed by atoms with Crippen LogP contribution in [0.3, 0.4) is 0 Å². The number of nitrogens with zero attached hydrogens (tertiary/aromatic N) is 2. The molecule has 0 spiro atoms. The van der Waals surface area contributed by atoms with E-state index in [2.05, 4.69) is 25.8 Å². The Morgan fingerprint density at radius 3 is 2.25 bits per heavy atom.